The molecule has 0 saturated carbocycles. The standard InChI is InChI=1S/C19H25N3O2/c1-13(2)22-11-9-20-18(22)15-7-5-10-21(12-15)19(24)16-8-4-6-14(3)17(16)23/h4,6,8-9,11,13,15,23H,5,7,10,12H2,1-3H3/t15-/m1/s1. The number of aromatic nitrogens is 2. The van der Waals surface area contributed by atoms with Crippen LogP contribution in [0.5, 0.6) is 5.75 Å². The van der Waals surface area contributed by atoms with Crippen molar-refractivity contribution in [2.24, 2.45) is 0 Å². The molecule has 128 valence electrons. The quantitative estimate of drug-likeness (QED) is 0.938. The fraction of sp³-hybridized carbons (Fsp3) is 0.474. The summed E-state index contributed by atoms with van der Waals surface area (Å²) >= 11 is 0. The van der Waals surface area contributed by atoms with E-state index in [0.717, 1.165) is 30.8 Å². The number of para-hydroxylation sites is 1. The van der Waals surface area contributed by atoms with Gasteiger partial charge in [-0.3, -0.25) is 4.79 Å². The molecule has 24 heavy (non-hydrogen) atoms. The normalized spacial score (nSPS) is 18.2. The number of hydrogen-bond acceptors (Lipinski definition) is 3. The largest absolute Gasteiger partial charge is 0.507 e. The summed E-state index contributed by atoms with van der Waals surface area (Å²) in [6, 6.07) is 5.68. The second-order valence-electron chi connectivity index (χ2n) is 6.85. The Morgan fingerprint density at radius 3 is 2.92 bits per heavy atom. The van der Waals surface area contributed by atoms with E-state index >= 15 is 0 Å². The molecular weight excluding hydrogens is 302 g/mol. The molecule has 0 radical (unpaired) electrons. The molecule has 5 nitrogen and oxygen atoms in total. The lowest BCUT2D eigenvalue weighted by atomic mass is 9.96. The fourth-order valence-electron chi connectivity index (χ4n) is 3.45. The zero-order valence-electron chi connectivity index (χ0n) is 14.6. The van der Waals surface area contributed by atoms with Crippen LogP contribution in [-0.2, 0) is 0 Å². The van der Waals surface area contributed by atoms with Crippen LogP contribution in [0.1, 0.15) is 60.4 Å². The van der Waals surface area contributed by atoms with Crippen LogP contribution >= 0.6 is 0 Å². The van der Waals surface area contributed by atoms with Crippen molar-refractivity contribution in [3.8, 4) is 5.75 Å². The molecule has 1 aliphatic heterocycles. The van der Waals surface area contributed by atoms with Crippen molar-refractivity contribution in [2.75, 3.05) is 13.1 Å². The predicted octanol–water partition coefficient (Wildman–Crippen LogP) is 3.50. The van der Waals surface area contributed by atoms with Crippen LogP contribution in [0.2, 0.25) is 0 Å². The second kappa shape index (κ2) is 6.67. The number of imidazole rings is 1. The van der Waals surface area contributed by atoms with Gasteiger partial charge in [0.2, 0.25) is 0 Å². The first-order valence-electron chi connectivity index (χ1n) is 8.59. The molecule has 1 fully saturated rings. The average Bonchev–Trinajstić information content (AvgIpc) is 3.07. The SMILES string of the molecule is Cc1cccc(C(=O)N2CCC[C@@H](c3nccn3C(C)C)C2)c1O. The van der Waals surface area contributed by atoms with E-state index < -0.39 is 0 Å². The molecule has 0 spiro atoms. The summed E-state index contributed by atoms with van der Waals surface area (Å²) < 4.78 is 2.18. The molecule has 1 aliphatic rings. The summed E-state index contributed by atoms with van der Waals surface area (Å²) in [4.78, 5) is 19.2. The number of piperidine rings is 1. The van der Waals surface area contributed by atoms with Gasteiger partial charge in [-0.05, 0) is 45.2 Å². The molecule has 1 amide bonds. The third-order valence-corrected chi connectivity index (χ3v) is 4.80. The Kier molecular flexibility index (Phi) is 4.60. The maximum Gasteiger partial charge on any atom is 0.257 e. The van der Waals surface area contributed by atoms with Crippen molar-refractivity contribution >= 4 is 5.91 Å². The number of carbonyl (C=O) groups is 1. The van der Waals surface area contributed by atoms with Crippen molar-refractivity contribution in [2.45, 2.75) is 45.6 Å². The van der Waals surface area contributed by atoms with Gasteiger partial charge in [-0.2, -0.15) is 0 Å². The number of phenolic OH excluding ortho intramolecular Hbond substituents is 1. The van der Waals surface area contributed by atoms with Crippen LogP contribution in [0, 0.1) is 6.92 Å². The monoisotopic (exact) mass is 327 g/mol. The maximum atomic E-state index is 12.8. The van der Waals surface area contributed by atoms with E-state index in [0.29, 0.717) is 18.2 Å². The van der Waals surface area contributed by atoms with E-state index in [1.807, 2.05) is 36.4 Å². The van der Waals surface area contributed by atoms with Gasteiger partial charge in [-0.25, -0.2) is 4.98 Å². The fourth-order valence-corrected chi connectivity index (χ4v) is 3.45. The van der Waals surface area contributed by atoms with Crippen LogP contribution in [0.4, 0.5) is 0 Å². The van der Waals surface area contributed by atoms with E-state index in [1.165, 1.54) is 0 Å². The lowest BCUT2D eigenvalue weighted by Gasteiger charge is -2.33. The number of carbonyl (C=O) groups excluding carboxylic acids is 1. The molecule has 1 aromatic carbocycles. The van der Waals surface area contributed by atoms with Crippen LogP contribution in [0.15, 0.2) is 30.6 Å². The summed E-state index contributed by atoms with van der Waals surface area (Å²) in [5, 5.41) is 10.2. The van der Waals surface area contributed by atoms with Gasteiger partial charge in [0.1, 0.15) is 11.6 Å². The van der Waals surface area contributed by atoms with Crippen molar-refractivity contribution in [3.05, 3.63) is 47.5 Å². The second-order valence-corrected chi connectivity index (χ2v) is 6.85. The molecule has 3 rings (SSSR count). The number of phenols is 1. The Balaban J connectivity index is 1.82. The van der Waals surface area contributed by atoms with Gasteiger partial charge in [0, 0.05) is 37.4 Å². The molecule has 0 bridgehead atoms. The van der Waals surface area contributed by atoms with Gasteiger partial charge in [0.25, 0.3) is 5.91 Å². The number of benzene rings is 1. The van der Waals surface area contributed by atoms with Gasteiger partial charge in [-0.1, -0.05) is 12.1 Å². The third kappa shape index (κ3) is 3.03. The summed E-state index contributed by atoms with van der Waals surface area (Å²) in [5.74, 6) is 1.29. The molecule has 0 aliphatic carbocycles. The molecule has 1 atom stereocenters. The highest BCUT2D eigenvalue weighted by molar-refractivity contribution is 5.97. The molecule has 0 unspecified atom stereocenters. The topological polar surface area (TPSA) is 58.4 Å². The number of amides is 1. The van der Waals surface area contributed by atoms with Gasteiger partial charge >= 0.3 is 0 Å². The van der Waals surface area contributed by atoms with Crippen molar-refractivity contribution in [1.29, 1.82) is 0 Å². The highest BCUT2D eigenvalue weighted by Gasteiger charge is 2.29. The summed E-state index contributed by atoms with van der Waals surface area (Å²) in [6.07, 6.45) is 5.83. The van der Waals surface area contributed by atoms with Gasteiger partial charge in [0.05, 0.1) is 5.56 Å². The Bertz CT molecular complexity index is 736. The highest BCUT2D eigenvalue weighted by atomic mass is 16.3. The molecule has 1 saturated heterocycles. The first-order chi connectivity index (χ1) is 11.5. The molecule has 1 N–H and O–H groups in total. The summed E-state index contributed by atoms with van der Waals surface area (Å²) in [5.41, 5.74) is 1.12. The van der Waals surface area contributed by atoms with Crippen LogP contribution < -0.4 is 0 Å². The minimum absolute atomic E-state index is 0.0910. The highest BCUT2D eigenvalue weighted by Crippen LogP contribution is 2.30. The maximum absolute atomic E-state index is 12.8. The predicted molar refractivity (Wildman–Crippen MR) is 93.3 cm³/mol. The van der Waals surface area contributed by atoms with E-state index in [2.05, 4.69) is 23.4 Å². The minimum Gasteiger partial charge on any atom is -0.507 e. The number of aromatic hydroxyl groups is 1. The van der Waals surface area contributed by atoms with E-state index in [9.17, 15) is 9.90 Å². The smallest absolute Gasteiger partial charge is 0.257 e. The number of hydrogen-bond donors (Lipinski definition) is 1. The van der Waals surface area contributed by atoms with Crippen molar-refractivity contribution in [1.82, 2.24) is 14.5 Å². The van der Waals surface area contributed by atoms with Crippen LogP contribution in [0.25, 0.3) is 0 Å². The van der Waals surface area contributed by atoms with Crippen molar-refractivity contribution in [3.63, 3.8) is 0 Å². The zero-order chi connectivity index (χ0) is 17.3. The lowest BCUT2D eigenvalue weighted by Crippen LogP contribution is -2.39. The lowest BCUT2D eigenvalue weighted by molar-refractivity contribution is 0.0700. The molecule has 5 heteroatoms. The van der Waals surface area contributed by atoms with Gasteiger partial charge in [-0.15, -0.1) is 0 Å². The Hall–Kier alpha value is -2.30. The van der Waals surface area contributed by atoms with Gasteiger partial charge in [0.15, 0.2) is 0 Å². The summed E-state index contributed by atoms with van der Waals surface area (Å²) in [6.45, 7) is 7.47. The number of aryl methyl sites for hydroxylation is 1. The van der Waals surface area contributed by atoms with Crippen LogP contribution in [-0.4, -0.2) is 38.6 Å². The number of rotatable bonds is 3. The van der Waals surface area contributed by atoms with E-state index in [-0.39, 0.29) is 17.6 Å². The van der Waals surface area contributed by atoms with E-state index in [1.54, 1.807) is 6.07 Å². The first-order valence-corrected chi connectivity index (χ1v) is 8.59. The third-order valence-electron chi connectivity index (χ3n) is 4.80. The minimum atomic E-state index is -0.0939. The zero-order valence-corrected chi connectivity index (χ0v) is 14.6. The van der Waals surface area contributed by atoms with Crippen molar-refractivity contribution < 1.29 is 9.90 Å². The van der Waals surface area contributed by atoms with Gasteiger partial charge < -0.3 is 14.6 Å². The Labute approximate surface area is 142 Å². The molecular formula is C19H25N3O2. The Morgan fingerprint density at radius 2 is 2.17 bits per heavy atom. The summed E-state index contributed by atoms with van der Waals surface area (Å²) in [7, 11) is 0. The first kappa shape index (κ1) is 16.6. The number of nitrogens with zero attached hydrogens (tertiary/aromatic N) is 3. The number of likely N-dealkylation sites (tertiary alicyclic amines) is 1. The molecule has 2 heterocycles. The molecule has 2 aromatic rings. The van der Waals surface area contributed by atoms with Crippen LogP contribution in [0.3, 0.4) is 0 Å². The average molecular weight is 327 g/mol. The van der Waals surface area contributed by atoms with E-state index in [4.69, 9.17) is 0 Å². The Morgan fingerprint density at radius 1 is 1.38 bits per heavy atom. The molecule has 1 aromatic heterocycles.